The van der Waals surface area contributed by atoms with Gasteiger partial charge in [0, 0.05) is 25.0 Å². The van der Waals surface area contributed by atoms with Crippen molar-refractivity contribution in [3.05, 3.63) is 29.6 Å². The Hall–Kier alpha value is -1.42. The van der Waals surface area contributed by atoms with Gasteiger partial charge in [-0.1, -0.05) is 0 Å². The number of nitrogens with two attached hydrogens (primary N) is 1. The first kappa shape index (κ1) is 12.0. The summed E-state index contributed by atoms with van der Waals surface area (Å²) in [5, 5.41) is 0. The summed E-state index contributed by atoms with van der Waals surface area (Å²) >= 11 is 0. The van der Waals surface area contributed by atoms with E-state index in [1.807, 2.05) is 17.9 Å². The largest absolute Gasteiger partial charge is 0.336 e. The number of carbonyl (C=O) groups excluding carboxylic acids is 1. The van der Waals surface area contributed by atoms with E-state index in [-0.39, 0.29) is 5.91 Å². The molecular formula is C13H19N3O. The molecule has 0 radical (unpaired) electrons. The van der Waals surface area contributed by atoms with E-state index in [4.69, 9.17) is 5.73 Å². The Balaban J connectivity index is 2.10. The third kappa shape index (κ3) is 3.03. The molecule has 4 heteroatoms. The van der Waals surface area contributed by atoms with Crippen LogP contribution in [0.2, 0.25) is 0 Å². The first-order valence-corrected chi connectivity index (χ1v) is 6.15. The van der Waals surface area contributed by atoms with Gasteiger partial charge in [0.05, 0.1) is 5.56 Å². The quantitative estimate of drug-likeness (QED) is 0.835. The van der Waals surface area contributed by atoms with Crippen molar-refractivity contribution in [3.8, 4) is 0 Å². The van der Waals surface area contributed by atoms with E-state index in [0.717, 1.165) is 31.4 Å². The number of aryl methyl sites for hydroxylation is 1. The second-order valence-electron chi connectivity index (χ2n) is 4.62. The van der Waals surface area contributed by atoms with E-state index in [1.54, 1.807) is 12.4 Å². The van der Waals surface area contributed by atoms with Crippen LogP contribution in [-0.4, -0.2) is 34.9 Å². The fraction of sp³-hybridized carbons (Fsp3) is 0.538. The second-order valence-corrected chi connectivity index (χ2v) is 4.62. The van der Waals surface area contributed by atoms with Crippen molar-refractivity contribution < 1.29 is 4.79 Å². The summed E-state index contributed by atoms with van der Waals surface area (Å²) in [7, 11) is 0. The van der Waals surface area contributed by atoms with E-state index in [2.05, 4.69) is 4.98 Å². The van der Waals surface area contributed by atoms with Crippen LogP contribution in [0.5, 0.6) is 0 Å². The van der Waals surface area contributed by atoms with E-state index >= 15 is 0 Å². The van der Waals surface area contributed by atoms with Gasteiger partial charge in [0.1, 0.15) is 0 Å². The van der Waals surface area contributed by atoms with Crippen molar-refractivity contribution in [2.75, 3.05) is 13.1 Å². The summed E-state index contributed by atoms with van der Waals surface area (Å²) in [6.07, 6.45) is 6.51. The Morgan fingerprint density at radius 1 is 1.53 bits per heavy atom. The van der Waals surface area contributed by atoms with Crippen LogP contribution in [-0.2, 0) is 0 Å². The lowest BCUT2D eigenvalue weighted by atomic mass is 10.2. The predicted octanol–water partition coefficient (Wildman–Crippen LogP) is 1.34. The minimum Gasteiger partial charge on any atom is -0.336 e. The third-order valence-electron chi connectivity index (χ3n) is 2.97. The molecular weight excluding hydrogens is 214 g/mol. The Kier molecular flexibility index (Phi) is 3.74. The summed E-state index contributed by atoms with van der Waals surface area (Å²) < 4.78 is 0. The minimum absolute atomic E-state index is 0.0946. The Morgan fingerprint density at radius 3 is 2.88 bits per heavy atom. The molecule has 0 saturated heterocycles. The molecule has 1 saturated carbocycles. The molecule has 0 atom stereocenters. The number of rotatable bonds is 5. The van der Waals surface area contributed by atoms with Crippen molar-refractivity contribution >= 4 is 5.91 Å². The monoisotopic (exact) mass is 233 g/mol. The number of amides is 1. The summed E-state index contributed by atoms with van der Waals surface area (Å²) in [4.78, 5) is 18.4. The van der Waals surface area contributed by atoms with Crippen molar-refractivity contribution in [2.24, 2.45) is 5.73 Å². The maximum absolute atomic E-state index is 12.3. The number of hydrogen-bond donors (Lipinski definition) is 1. The Morgan fingerprint density at radius 2 is 2.29 bits per heavy atom. The highest BCUT2D eigenvalue weighted by atomic mass is 16.2. The smallest absolute Gasteiger partial charge is 0.255 e. The molecule has 1 aromatic rings. The highest BCUT2D eigenvalue weighted by molar-refractivity contribution is 5.94. The number of pyridine rings is 1. The van der Waals surface area contributed by atoms with Crippen molar-refractivity contribution in [1.82, 2.24) is 9.88 Å². The second kappa shape index (κ2) is 5.27. The molecule has 1 amide bonds. The first-order chi connectivity index (χ1) is 8.22. The average molecular weight is 233 g/mol. The lowest BCUT2D eigenvalue weighted by Gasteiger charge is -2.22. The lowest BCUT2D eigenvalue weighted by Crippen LogP contribution is -2.35. The number of aromatic nitrogens is 1. The highest BCUT2D eigenvalue weighted by Gasteiger charge is 2.32. The summed E-state index contributed by atoms with van der Waals surface area (Å²) in [6, 6.07) is 2.32. The van der Waals surface area contributed by atoms with Crippen LogP contribution in [0.1, 0.15) is 35.2 Å². The summed E-state index contributed by atoms with van der Waals surface area (Å²) in [5.41, 5.74) is 7.22. The molecule has 92 valence electrons. The normalized spacial score (nSPS) is 14.7. The minimum atomic E-state index is 0.0946. The van der Waals surface area contributed by atoms with Gasteiger partial charge in [-0.3, -0.25) is 9.78 Å². The SMILES string of the molecule is Cc1cncc(C(=O)N(CCCN)C2CC2)c1. The molecule has 1 aliphatic rings. The molecule has 1 aromatic heterocycles. The Bertz CT molecular complexity index is 401. The zero-order valence-electron chi connectivity index (χ0n) is 10.2. The zero-order valence-corrected chi connectivity index (χ0v) is 10.2. The molecule has 4 nitrogen and oxygen atoms in total. The maximum atomic E-state index is 12.3. The number of carbonyl (C=O) groups is 1. The van der Waals surface area contributed by atoms with Crippen LogP contribution in [0.4, 0.5) is 0 Å². The molecule has 2 rings (SSSR count). The number of nitrogens with zero attached hydrogens (tertiary/aromatic N) is 2. The predicted molar refractivity (Wildman–Crippen MR) is 66.7 cm³/mol. The van der Waals surface area contributed by atoms with Gasteiger partial charge in [-0.15, -0.1) is 0 Å². The van der Waals surface area contributed by atoms with E-state index in [1.165, 1.54) is 0 Å². The Labute approximate surface area is 102 Å². The van der Waals surface area contributed by atoms with Crippen LogP contribution in [0.25, 0.3) is 0 Å². The van der Waals surface area contributed by atoms with Gasteiger partial charge in [0.2, 0.25) is 0 Å². The average Bonchev–Trinajstić information content (AvgIpc) is 3.14. The van der Waals surface area contributed by atoms with Gasteiger partial charge in [-0.2, -0.15) is 0 Å². The van der Waals surface area contributed by atoms with E-state index < -0.39 is 0 Å². The van der Waals surface area contributed by atoms with Crippen molar-refractivity contribution in [2.45, 2.75) is 32.2 Å². The van der Waals surface area contributed by atoms with Gasteiger partial charge in [-0.25, -0.2) is 0 Å². The van der Waals surface area contributed by atoms with Crippen LogP contribution in [0.15, 0.2) is 18.5 Å². The molecule has 17 heavy (non-hydrogen) atoms. The van der Waals surface area contributed by atoms with Gasteiger partial charge in [-0.05, 0) is 44.4 Å². The molecule has 0 unspecified atom stereocenters. The highest BCUT2D eigenvalue weighted by Crippen LogP contribution is 2.28. The van der Waals surface area contributed by atoms with Crippen molar-refractivity contribution in [3.63, 3.8) is 0 Å². The molecule has 0 aliphatic heterocycles. The van der Waals surface area contributed by atoms with E-state index in [9.17, 15) is 4.79 Å². The fourth-order valence-electron chi connectivity index (χ4n) is 1.94. The molecule has 2 N–H and O–H groups in total. The standard InChI is InChI=1S/C13H19N3O/c1-10-7-11(9-15-8-10)13(17)16(6-2-5-14)12-3-4-12/h7-9,12H,2-6,14H2,1H3. The van der Waals surface area contributed by atoms with E-state index in [0.29, 0.717) is 18.2 Å². The zero-order chi connectivity index (χ0) is 12.3. The third-order valence-corrected chi connectivity index (χ3v) is 2.97. The van der Waals surface area contributed by atoms with Gasteiger partial charge in [0.25, 0.3) is 5.91 Å². The lowest BCUT2D eigenvalue weighted by molar-refractivity contribution is 0.0741. The summed E-state index contributed by atoms with van der Waals surface area (Å²) in [5.74, 6) is 0.0946. The van der Waals surface area contributed by atoms with Gasteiger partial charge < -0.3 is 10.6 Å². The summed E-state index contributed by atoms with van der Waals surface area (Å²) in [6.45, 7) is 3.33. The number of hydrogen-bond acceptors (Lipinski definition) is 3. The topological polar surface area (TPSA) is 59.2 Å². The molecule has 1 fully saturated rings. The molecule has 0 aromatic carbocycles. The van der Waals surface area contributed by atoms with Crippen LogP contribution >= 0.6 is 0 Å². The van der Waals surface area contributed by atoms with Crippen molar-refractivity contribution in [1.29, 1.82) is 0 Å². The van der Waals surface area contributed by atoms with Crippen LogP contribution in [0, 0.1) is 6.92 Å². The fourth-order valence-corrected chi connectivity index (χ4v) is 1.94. The van der Waals surface area contributed by atoms with Crippen LogP contribution in [0.3, 0.4) is 0 Å². The van der Waals surface area contributed by atoms with Crippen LogP contribution < -0.4 is 5.73 Å². The molecule has 1 aliphatic carbocycles. The first-order valence-electron chi connectivity index (χ1n) is 6.15. The molecule has 0 spiro atoms. The molecule has 0 bridgehead atoms. The van der Waals surface area contributed by atoms with Gasteiger partial charge >= 0.3 is 0 Å². The van der Waals surface area contributed by atoms with Gasteiger partial charge in [0.15, 0.2) is 0 Å². The molecule has 1 heterocycles. The maximum Gasteiger partial charge on any atom is 0.255 e.